The van der Waals surface area contributed by atoms with Crippen LogP contribution in [-0.2, 0) is 25.9 Å². The van der Waals surface area contributed by atoms with Crippen molar-refractivity contribution in [3.63, 3.8) is 0 Å². The second-order valence-electron chi connectivity index (χ2n) is 6.17. The van der Waals surface area contributed by atoms with E-state index in [1.54, 1.807) is 21.8 Å². The maximum atomic E-state index is 12.5. The average Bonchev–Trinajstić information content (AvgIpc) is 2.99. The summed E-state index contributed by atoms with van der Waals surface area (Å²) in [5.41, 5.74) is 3.16. The van der Waals surface area contributed by atoms with Crippen molar-refractivity contribution in [2.45, 2.75) is 45.6 Å². The normalized spacial score (nSPS) is 13.9. The molecule has 0 radical (unpaired) electrons. The number of benzene rings is 1. The van der Waals surface area contributed by atoms with Crippen molar-refractivity contribution < 1.29 is 4.74 Å². The fraction of sp³-hybridized carbons (Fsp3) is 0.368. The Hall–Kier alpha value is -2.14. The SMILES string of the molecule is CCc1ccc(OCc2cc(=O)n3c4c(sc3n2)CCCC4)cc1. The monoisotopic (exact) mass is 340 g/mol. The zero-order valence-corrected chi connectivity index (χ0v) is 14.6. The highest BCUT2D eigenvalue weighted by Crippen LogP contribution is 2.28. The second kappa shape index (κ2) is 6.40. The molecule has 1 aliphatic rings. The van der Waals surface area contributed by atoms with Crippen LogP contribution < -0.4 is 10.3 Å². The Labute approximate surface area is 144 Å². The van der Waals surface area contributed by atoms with Gasteiger partial charge in [0.15, 0.2) is 4.96 Å². The fourth-order valence-electron chi connectivity index (χ4n) is 3.19. The molecule has 1 aliphatic carbocycles. The predicted octanol–water partition coefficient (Wildman–Crippen LogP) is 3.78. The van der Waals surface area contributed by atoms with Crippen LogP contribution in [0.25, 0.3) is 4.96 Å². The van der Waals surface area contributed by atoms with E-state index >= 15 is 0 Å². The molecule has 2 aromatic heterocycles. The Morgan fingerprint density at radius 1 is 1.21 bits per heavy atom. The second-order valence-corrected chi connectivity index (χ2v) is 7.23. The van der Waals surface area contributed by atoms with E-state index in [4.69, 9.17) is 4.74 Å². The highest BCUT2D eigenvalue weighted by molar-refractivity contribution is 7.17. The van der Waals surface area contributed by atoms with Gasteiger partial charge in [-0.05, 0) is 49.8 Å². The van der Waals surface area contributed by atoms with Crippen LogP contribution in [0, 0.1) is 0 Å². The van der Waals surface area contributed by atoms with Gasteiger partial charge in [-0.3, -0.25) is 9.20 Å². The number of aryl methyl sites for hydroxylation is 3. The summed E-state index contributed by atoms with van der Waals surface area (Å²) in [6.45, 7) is 2.45. The third-order valence-electron chi connectivity index (χ3n) is 4.53. The van der Waals surface area contributed by atoms with E-state index in [0.29, 0.717) is 12.3 Å². The van der Waals surface area contributed by atoms with Crippen LogP contribution in [0.2, 0.25) is 0 Å². The quantitative estimate of drug-likeness (QED) is 0.726. The van der Waals surface area contributed by atoms with E-state index in [0.717, 1.165) is 36.4 Å². The number of hydrogen-bond donors (Lipinski definition) is 0. The van der Waals surface area contributed by atoms with Gasteiger partial charge >= 0.3 is 0 Å². The summed E-state index contributed by atoms with van der Waals surface area (Å²) in [4.78, 5) is 19.3. The van der Waals surface area contributed by atoms with Gasteiger partial charge in [0.1, 0.15) is 12.4 Å². The Bertz CT molecular complexity index is 925. The summed E-state index contributed by atoms with van der Waals surface area (Å²) in [5.74, 6) is 0.805. The maximum absolute atomic E-state index is 12.5. The summed E-state index contributed by atoms with van der Waals surface area (Å²) in [6, 6.07) is 9.67. The molecule has 0 saturated carbocycles. The van der Waals surface area contributed by atoms with Gasteiger partial charge < -0.3 is 4.74 Å². The zero-order valence-electron chi connectivity index (χ0n) is 13.7. The van der Waals surface area contributed by atoms with E-state index in [1.807, 2.05) is 12.1 Å². The molecule has 1 aromatic carbocycles. The largest absolute Gasteiger partial charge is 0.487 e. The van der Waals surface area contributed by atoms with Gasteiger partial charge in [-0.25, -0.2) is 4.98 Å². The molecule has 124 valence electrons. The lowest BCUT2D eigenvalue weighted by Gasteiger charge is -2.10. The van der Waals surface area contributed by atoms with Crippen molar-refractivity contribution >= 4 is 16.3 Å². The number of fused-ring (bicyclic) bond motifs is 3. The molecule has 0 atom stereocenters. The van der Waals surface area contributed by atoms with Gasteiger partial charge in [0.2, 0.25) is 0 Å². The Kier molecular flexibility index (Phi) is 4.10. The van der Waals surface area contributed by atoms with Crippen molar-refractivity contribution in [1.29, 1.82) is 0 Å². The van der Waals surface area contributed by atoms with Crippen molar-refractivity contribution in [1.82, 2.24) is 9.38 Å². The smallest absolute Gasteiger partial charge is 0.259 e. The molecule has 4 nitrogen and oxygen atoms in total. The number of nitrogens with zero attached hydrogens (tertiary/aromatic N) is 2. The minimum atomic E-state index is 0.0133. The van der Waals surface area contributed by atoms with Gasteiger partial charge in [-0.1, -0.05) is 19.1 Å². The van der Waals surface area contributed by atoms with Crippen LogP contribution in [0.3, 0.4) is 0 Å². The highest BCUT2D eigenvalue weighted by atomic mass is 32.1. The van der Waals surface area contributed by atoms with E-state index in [1.165, 1.54) is 22.6 Å². The number of thiazole rings is 1. The molecule has 0 bridgehead atoms. The third kappa shape index (κ3) is 2.84. The summed E-state index contributed by atoms with van der Waals surface area (Å²) in [5, 5.41) is 0. The lowest BCUT2D eigenvalue weighted by Crippen LogP contribution is -2.18. The summed E-state index contributed by atoms with van der Waals surface area (Å²) in [7, 11) is 0. The minimum absolute atomic E-state index is 0.0133. The molecule has 0 fully saturated rings. The molecule has 24 heavy (non-hydrogen) atoms. The van der Waals surface area contributed by atoms with E-state index in [9.17, 15) is 4.79 Å². The van der Waals surface area contributed by atoms with Gasteiger partial charge in [0.05, 0.1) is 5.69 Å². The molecule has 0 saturated heterocycles. The first-order valence-electron chi connectivity index (χ1n) is 8.49. The third-order valence-corrected chi connectivity index (χ3v) is 5.68. The minimum Gasteiger partial charge on any atom is -0.487 e. The van der Waals surface area contributed by atoms with Gasteiger partial charge in [0, 0.05) is 16.6 Å². The Balaban J connectivity index is 1.59. The zero-order chi connectivity index (χ0) is 16.5. The van der Waals surface area contributed by atoms with Gasteiger partial charge in [-0.2, -0.15) is 0 Å². The molecular formula is C19H20N2O2S. The standard InChI is InChI=1S/C19H20N2O2S/c1-2-13-7-9-15(10-8-13)23-12-14-11-18(22)21-16-5-3-4-6-17(16)24-19(21)20-14/h7-11H,2-6,12H2,1H3. The van der Waals surface area contributed by atoms with E-state index in [-0.39, 0.29) is 5.56 Å². The molecule has 0 unspecified atom stereocenters. The molecule has 0 aliphatic heterocycles. The lowest BCUT2D eigenvalue weighted by molar-refractivity contribution is 0.301. The molecule has 0 amide bonds. The van der Waals surface area contributed by atoms with Crippen LogP contribution in [0.15, 0.2) is 35.1 Å². The van der Waals surface area contributed by atoms with Crippen molar-refractivity contribution in [2.24, 2.45) is 0 Å². The molecular weight excluding hydrogens is 320 g/mol. The topological polar surface area (TPSA) is 43.6 Å². The van der Waals surface area contributed by atoms with Crippen LogP contribution in [0.4, 0.5) is 0 Å². The first-order chi connectivity index (χ1) is 11.7. The first kappa shape index (κ1) is 15.4. The first-order valence-corrected chi connectivity index (χ1v) is 9.31. The highest BCUT2D eigenvalue weighted by Gasteiger charge is 2.18. The number of ether oxygens (including phenoxy) is 1. The van der Waals surface area contributed by atoms with Gasteiger partial charge in [0.25, 0.3) is 5.56 Å². The molecule has 3 aromatic rings. The average molecular weight is 340 g/mol. The van der Waals surface area contributed by atoms with E-state index in [2.05, 4.69) is 24.0 Å². The predicted molar refractivity (Wildman–Crippen MR) is 96.1 cm³/mol. The van der Waals surface area contributed by atoms with Crippen molar-refractivity contribution in [3.8, 4) is 5.75 Å². The molecule has 5 heteroatoms. The number of aromatic nitrogens is 2. The van der Waals surface area contributed by atoms with Crippen LogP contribution in [0.1, 0.15) is 41.6 Å². The number of hydrogen-bond acceptors (Lipinski definition) is 4. The van der Waals surface area contributed by atoms with Gasteiger partial charge in [-0.15, -0.1) is 11.3 Å². The van der Waals surface area contributed by atoms with Crippen LogP contribution in [-0.4, -0.2) is 9.38 Å². The molecule has 2 heterocycles. The van der Waals surface area contributed by atoms with Crippen LogP contribution >= 0.6 is 11.3 Å². The summed E-state index contributed by atoms with van der Waals surface area (Å²) >= 11 is 1.65. The van der Waals surface area contributed by atoms with E-state index < -0.39 is 0 Å². The lowest BCUT2D eigenvalue weighted by atomic mass is 10.0. The van der Waals surface area contributed by atoms with Crippen LogP contribution in [0.5, 0.6) is 5.75 Å². The van der Waals surface area contributed by atoms with Crippen molar-refractivity contribution in [3.05, 3.63) is 62.5 Å². The summed E-state index contributed by atoms with van der Waals surface area (Å²) < 4.78 is 7.58. The molecule has 4 rings (SSSR count). The van der Waals surface area contributed by atoms with Crippen molar-refractivity contribution in [2.75, 3.05) is 0 Å². The molecule has 0 N–H and O–H groups in total. The molecule has 0 spiro atoms. The Morgan fingerprint density at radius 2 is 2.00 bits per heavy atom. The fourth-order valence-corrected chi connectivity index (χ4v) is 4.43. The Morgan fingerprint density at radius 3 is 2.79 bits per heavy atom. The maximum Gasteiger partial charge on any atom is 0.259 e. The summed E-state index contributed by atoms with van der Waals surface area (Å²) in [6.07, 6.45) is 5.43. The number of rotatable bonds is 4.